The van der Waals surface area contributed by atoms with Crippen LogP contribution in [-0.2, 0) is 0 Å². The van der Waals surface area contributed by atoms with Gasteiger partial charge in [0.25, 0.3) is 5.69 Å². The Morgan fingerprint density at radius 1 is 1.35 bits per heavy atom. The molecule has 2 rings (SSSR count). The molecule has 0 radical (unpaired) electrons. The fourth-order valence-corrected chi connectivity index (χ4v) is 1.88. The molecule has 0 amide bonds. The zero-order valence-corrected chi connectivity index (χ0v) is 11.4. The summed E-state index contributed by atoms with van der Waals surface area (Å²) in [5.74, 6) is -0.964. The molecule has 0 atom stereocenters. The molecule has 20 heavy (non-hydrogen) atoms. The minimum absolute atomic E-state index is 0.0392. The quantitative estimate of drug-likeness (QED) is 0.678. The lowest BCUT2D eigenvalue weighted by molar-refractivity contribution is -0.385. The summed E-state index contributed by atoms with van der Waals surface area (Å²) in [5.41, 5.74) is -0.323. The lowest BCUT2D eigenvalue weighted by atomic mass is 10.3. The molecule has 0 bridgehead atoms. The third-order valence-electron chi connectivity index (χ3n) is 2.23. The van der Waals surface area contributed by atoms with E-state index in [2.05, 4.69) is 20.9 Å². The molecule has 1 aromatic carbocycles. The molecular formula is C12H7BrN2O5. The van der Waals surface area contributed by atoms with Gasteiger partial charge >= 0.3 is 5.97 Å². The molecule has 1 N–H and O–H groups in total. The number of aromatic carboxylic acids is 1. The van der Waals surface area contributed by atoms with Gasteiger partial charge in [0.05, 0.1) is 11.0 Å². The number of carboxylic acid groups (broad SMARTS) is 1. The SMILES string of the molecule is O=C(O)c1cccc(Oc2cc(Br)cc([N+](=O)[O-])c2)n1. The summed E-state index contributed by atoms with van der Waals surface area (Å²) in [4.78, 5) is 24.7. The molecule has 0 aliphatic heterocycles. The maximum absolute atomic E-state index is 10.8. The van der Waals surface area contributed by atoms with Crippen molar-refractivity contribution in [1.82, 2.24) is 4.98 Å². The van der Waals surface area contributed by atoms with Crippen LogP contribution < -0.4 is 4.74 Å². The molecule has 0 spiro atoms. The average Bonchev–Trinajstić information content (AvgIpc) is 2.38. The number of pyridine rings is 1. The van der Waals surface area contributed by atoms with E-state index in [0.29, 0.717) is 4.47 Å². The number of rotatable bonds is 4. The van der Waals surface area contributed by atoms with E-state index in [9.17, 15) is 14.9 Å². The smallest absolute Gasteiger partial charge is 0.354 e. The average molecular weight is 339 g/mol. The van der Waals surface area contributed by atoms with Crippen LogP contribution >= 0.6 is 15.9 Å². The van der Waals surface area contributed by atoms with Gasteiger partial charge in [0, 0.05) is 16.6 Å². The first-order valence-corrected chi connectivity index (χ1v) is 6.08. The van der Waals surface area contributed by atoms with Crippen molar-refractivity contribution in [3.8, 4) is 11.6 Å². The van der Waals surface area contributed by atoms with Crippen molar-refractivity contribution in [2.24, 2.45) is 0 Å². The highest BCUT2D eigenvalue weighted by Crippen LogP contribution is 2.29. The van der Waals surface area contributed by atoms with Gasteiger partial charge in [-0.2, -0.15) is 0 Å². The summed E-state index contributed by atoms with van der Waals surface area (Å²) in [7, 11) is 0. The van der Waals surface area contributed by atoms with E-state index in [1.807, 2.05) is 0 Å². The topological polar surface area (TPSA) is 103 Å². The van der Waals surface area contributed by atoms with Crippen LogP contribution in [0.15, 0.2) is 40.9 Å². The third-order valence-corrected chi connectivity index (χ3v) is 2.69. The molecule has 0 saturated carbocycles. The van der Waals surface area contributed by atoms with Gasteiger partial charge in [0.2, 0.25) is 5.88 Å². The number of hydrogen-bond donors (Lipinski definition) is 1. The van der Waals surface area contributed by atoms with Gasteiger partial charge in [-0.25, -0.2) is 9.78 Å². The van der Waals surface area contributed by atoms with Crippen LogP contribution in [0.1, 0.15) is 10.5 Å². The number of benzene rings is 1. The summed E-state index contributed by atoms with van der Waals surface area (Å²) in [6.45, 7) is 0. The summed E-state index contributed by atoms with van der Waals surface area (Å²) in [6, 6.07) is 8.31. The van der Waals surface area contributed by atoms with Gasteiger partial charge in [-0.1, -0.05) is 22.0 Å². The summed E-state index contributed by atoms with van der Waals surface area (Å²) < 4.78 is 5.80. The van der Waals surface area contributed by atoms with E-state index in [1.54, 1.807) is 0 Å². The molecule has 8 heteroatoms. The van der Waals surface area contributed by atoms with E-state index < -0.39 is 10.9 Å². The monoisotopic (exact) mass is 338 g/mol. The summed E-state index contributed by atoms with van der Waals surface area (Å²) in [6.07, 6.45) is 0. The standard InChI is InChI=1S/C12H7BrN2O5/c13-7-4-8(15(18)19)6-9(5-7)20-11-3-1-2-10(14-11)12(16)17/h1-6H,(H,16,17). The molecule has 0 aliphatic rings. The predicted octanol–water partition coefficient (Wildman–Crippen LogP) is 3.24. The third kappa shape index (κ3) is 3.29. The van der Waals surface area contributed by atoms with Gasteiger partial charge in [-0.3, -0.25) is 10.1 Å². The number of non-ortho nitro benzene ring substituents is 1. The van der Waals surface area contributed by atoms with Crippen molar-refractivity contribution >= 4 is 27.6 Å². The number of halogens is 1. The first-order chi connectivity index (χ1) is 9.45. The number of aromatic nitrogens is 1. The van der Waals surface area contributed by atoms with E-state index in [1.165, 1.54) is 36.4 Å². The molecule has 7 nitrogen and oxygen atoms in total. The number of carboxylic acids is 1. The van der Waals surface area contributed by atoms with Gasteiger partial charge in [-0.05, 0) is 12.1 Å². The second-order valence-electron chi connectivity index (χ2n) is 3.67. The molecule has 0 unspecified atom stereocenters. The second-order valence-corrected chi connectivity index (χ2v) is 4.59. The Labute approximate surface area is 121 Å². The van der Waals surface area contributed by atoms with Crippen molar-refractivity contribution in [3.05, 3.63) is 56.7 Å². The minimum atomic E-state index is -1.18. The highest BCUT2D eigenvalue weighted by atomic mass is 79.9. The van der Waals surface area contributed by atoms with Crippen LogP contribution in [0.3, 0.4) is 0 Å². The maximum atomic E-state index is 10.8. The van der Waals surface area contributed by atoms with Crippen molar-refractivity contribution in [3.63, 3.8) is 0 Å². The zero-order chi connectivity index (χ0) is 14.7. The Kier molecular flexibility index (Phi) is 3.94. The van der Waals surface area contributed by atoms with Crippen LogP contribution in [0.4, 0.5) is 5.69 Å². The normalized spacial score (nSPS) is 10.1. The van der Waals surface area contributed by atoms with E-state index in [-0.39, 0.29) is 23.0 Å². The van der Waals surface area contributed by atoms with E-state index >= 15 is 0 Å². The Morgan fingerprint density at radius 2 is 2.10 bits per heavy atom. The lowest BCUT2D eigenvalue weighted by Crippen LogP contribution is -2.00. The van der Waals surface area contributed by atoms with Gasteiger partial charge in [-0.15, -0.1) is 0 Å². The van der Waals surface area contributed by atoms with Crippen LogP contribution in [0.5, 0.6) is 11.6 Å². The maximum Gasteiger partial charge on any atom is 0.354 e. The molecule has 0 saturated heterocycles. The molecular weight excluding hydrogens is 332 g/mol. The van der Waals surface area contributed by atoms with Crippen molar-refractivity contribution < 1.29 is 19.6 Å². The number of nitro benzene ring substituents is 1. The van der Waals surface area contributed by atoms with Gasteiger partial charge in [0.1, 0.15) is 5.75 Å². The fraction of sp³-hybridized carbons (Fsp3) is 0. The number of ether oxygens (including phenoxy) is 1. The molecule has 0 fully saturated rings. The van der Waals surface area contributed by atoms with Crippen molar-refractivity contribution in [2.75, 3.05) is 0 Å². The Hall–Kier alpha value is -2.48. The molecule has 0 aliphatic carbocycles. The Morgan fingerprint density at radius 3 is 2.75 bits per heavy atom. The fourth-order valence-electron chi connectivity index (χ4n) is 1.42. The first-order valence-electron chi connectivity index (χ1n) is 5.29. The lowest BCUT2D eigenvalue weighted by Gasteiger charge is -2.05. The zero-order valence-electron chi connectivity index (χ0n) is 9.82. The van der Waals surface area contributed by atoms with Crippen molar-refractivity contribution in [1.29, 1.82) is 0 Å². The molecule has 1 heterocycles. The minimum Gasteiger partial charge on any atom is -0.477 e. The molecule has 1 aromatic heterocycles. The van der Waals surface area contributed by atoms with Gasteiger partial charge < -0.3 is 9.84 Å². The van der Waals surface area contributed by atoms with Crippen LogP contribution in [0.25, 0.3) is 0 Å². The summed E-state index contributed by atoms with van der Waals surface area (Å²) in [5, 5.41) is 19.6. The predicted molar refractivity (Wildman–Crippen MR) is 72.1 cm³/mol. The Balaban J connectivity index is 2.32. The second kappa shape index (κ2) is 5.66. The Bertz CT molecular complexity index is 689. The van der Waals surface area contributed by atoms with E-state index in [0.717, 1.165) is 0 Å². The number of hydrogen-bond acceptors (Lipinski definition) is 5. The summed E-state index contributed by atoms with van der Waals surface area (Å²) >= 11 is 3.13. The molecule has 2 aromatic rings. The highest BCUT2D eigenvalue weighted by molar-refractivity contribution is 9.10. The van der Waals surface area contributed by atoms with Crippen molar-refractivity contribution in [2.45, 2.75) is 0 Å². The van der Waals surface area contributed by atoms with E-state index in [4.69, 9.17) is 9.84 Å². The van der Waals surface area contributed by atoms with Gasteiger partial charge in [0.15, 0.2) is 5.69 Å². The first kappa shape index (κ1) is 13.9. The number of carbonyl (C=O) groups is 1. The number of nitro groups is 1. The van der Waals surface area contributed by atoms with Crippen LogP contribution in [0.2, 0.25) is 0 Å². The number of nitrogens with zero attached hydrogens (tertiary/aromatic N) is 2. The van der Waals surface area contributed by atoms with Crippen LogP contribution in [0, 0.1) is 10.1 Å². The molecule has 102 valence electrons. The van der Waals surface area contributed by atoms with Crippen LogP contribution in [-0.4, -0.2) is 21.0 Å². The highest BCUT2D eigenvalue weighted by Gasteiger charge is 2.11. The largest absolute Gasteiger partial charge is 0.477 e.